The van der Waals surface area contributed by atoms with E-state index in [4.69, 9.17) is 10.8 Å². The molecule has 3 N–H and O–H groups in total. The zero-order chi connectivity index (χ0) is 13.5. The van der Waals surface area contributed by atoms with Crippen molar-refractivity contribution in [2.45, 2.75) is 19.8 Å². The average molecular weight is 252 g/mol. The minimum atomic E-state index is -1.14. The molecule has 0 unspecified atom stereocenters. The fraction of sp³-hybridized carbons (Fsp3) is 0.455. The van der Waals surface area contributed by atoms with E-state index in [0.29, 0.717) is 12.4 Å². The topological polar surface area (TPSA) is 109 Å². The summed E-state index contributed by atoms with van der Waals surface area (Å²) in [5.41, 5.74) is 5.03. The number of aromatic nitrogens is 2. The van der Waals surface area contributed by atoms with Crippen LogP contribution in [-0.4, -0.2) is 40.3 Å². The molecule has 0 bridgehead atoms. The number of amides is 1. The van der Waals surface area contributed by atoms with E-state index in [-0.39, 0.29) is 12.2 Å². The smallest absolute Gasteiger partial charge is 0.356 e. The van der Waals surface area contributed by atoms with Crippen molar-refractivity contribution in [3.8, 4) is 0 Å². The van der Waals surface area contributed by atoms with Crippen molar-refractivity contribution in [1.29, 1.82) is 0 Å². The van der Waals surface area contributed by atoms with Gasteiger partial charge in [-0.05, 0) is 18.6 Å². The molecule has 0 atom stereocenters. The van der Waals surface area contributed by atoms with Crippen LogP contribution in [0, 0.1) is 0 Å². The molecule has 7 nitrogen and oxygen atoms in total. The molecule has 98 valence electrons. The van der Waals surface area contributed by atoms with Gasteiger partial charge in [0.1, 0.15) is 0 Å². The molecule has 0 aliphatic heterocycles. The number of unbranched alkanes of at least 4 members (excludes halogenated alkanes) is 1. The molecular formula is C11H16N4O3. The quantitative estimate of drug-likeness (QED) is 0.720. The lowest BCUT2D eigenvalue weighted by Crippen LogP contribution is -2.35. The summed E-state index contributed by atoms with van der Waals surface area (Å²) < 4.78 is 0. The standard InChI is InChI=1S/C11H16N4O3/c1-2-3-6-15(7-9(12)16)10-5-4-8(11(17)18)13-14-10/h4-5H,2-3,6-7H2,1H3,(H2,12,16)(H,17,18). The fourth-order valence-electron chi connectivity index (χ4n) is 1.42. The van der Waals surface area contributed by atoms with E-state index in [1.54, 1.807) is 4.90 Å². The molecule has 1 amide bonds. The van der Waals surface area contributed by atoms with Crippen LogP contribution in [0.5, 0.6) is 0 Å². The molecule has 0 spiro atoms. The maximum atomic E-state index is 11.0. The number of primary amides is 1. The number of carboxylic acids is 1. The third-order valence-electron chi connectivity index (χ3n) is 2.32. The molecule has 0 aliphatic rings. The Bertz CT molecular complexity index is 419. The zero-order valence-corrected chi connectivity index (χ0v) is 10.2. The van der Waals surface area contributed by atoms with E-state index < -0.39 is 11.9 Å². The number of aromatic carboxylic acids is 1. The number of rotatable bonds is 7. The van der Waals surface area contributed by atoms with Crippen LogP contribution in [0.25, 0.3) is 0 Å². The molecule has 0 aromatic carbocycles. The van der Waals surface area contributed by atoms with E-state index in [9.17, 15) is 9.59 Å². The number of carbonyl (C=O) groups excluding carboxylic acids is 1. The van der Waals surface area contributed by atoms with Crippen LogP contribution in [0.1, 0.15) is 30.3 Å². The lowest BCUT2D eigenvalue weighted by molar-refractivity contribution is -0.116. The summed E-state index contributed by atoms with van der Waals surface area (Å²) in [5.74, 6) is -1.15. The van der Waals surface area contributed by atoms with E-state index in [2.05, 4.69) is 10.2 Å². The van der Waals surface area contributed by atoms with Crippen molar-refractivity contribution in [1.82, 2.24) is 10.2 Å². The third kappa shape index (κ3) is 4.00. The average Bonchev–Trinajstić information content (AvgIpc) is 2.34. The third-order valence-corrected chi connectivity index (χ3v) is 2.32. The van der Waals surface area contributed by atoms with E-state index in [0.717, 1.165) is 12.8 Å². The van der Waals surface area contributed by atoms with Gasteiger partial charge < -0.3 is 15.7 Å². The van der Waals surface area contributed by atoms with Crippen molar-refractivity contribution in [2.24, 2.45) is 5.73 Å². The maximum absolute atomic E-state index is 11.0. The molecule has 0 radical (unpaired) electrons. The maximum Gasteiger partial charge on any atom is 0.356 e. The monoisotopic (exact) mass is 252 g/mol. The predicted octanol–water partition coefficient (Wildman–Crippen LogP) is 0.267. The van der Waals surface area contributed by atoms with Crippen LogP contribution >= 0.6 is 0 Å². The highest BCUT2D eigenvalue weighted by atomic mass is 16.4. The molecular weight excluding hydrogens is 236 g/mol. The number of carboxylic acid groups (broad SMARTS) is 1. The first-order valence-corrected chi connectivity index (χ1v) is 5.65. The molecule has 7 heteroatoms. The number of nitrogens with zero attached hydrogens (tertiary/aromatic N) is 3. The van der Waals surface area contributed by atoms with Gasteiger partial charge in [-0.1, -0.05) is 13.3 Å². The van der Waals surface area contributed by atoms with Gasteiger partial charge >= 0.3 is 5.97 Å². The van der Waals surface area contributed by atoms with Gasteiger partial charge in [0.25, 0.3) is 0 Å². The normalized spacial score (nSPS) is 10.1. The molecule has 0 fully saturated rings. The van der Waals surface area contributed by atoms with Crippen LogP contribution in [0.2, 0.25) is 0 Å². The van der Waals surface area contributed by atoms with E-state index in [1.165, 1.54) is 12.1 Å². The van der Waals surface area contributed by atoms with Crippen LogP contribution in [0.15, 0.2) is 12.1 Å². The van der Waals surface area contributed by atoms with Crippen molar-refractivity contribution in [2.75, 3.05) is 18.0 Å². The fourth-order valence-corrected chi connectivity index (χ4v) is 1.42. The lowest BCUT2D eigenvalue weighted by Gasteiger charge is -2.21. The van der Waals surface area contributed by atoms with Gasteiger partial charge in [-0.3, -0.25) is 4.79 Å². The Morgan fingerprint density at radius 2 is 2.11 bits per heavy atom. The van der Waals surface area contributed by atoms with Crippen molar-refractivity contribution >= 4 is 17.7 Å². The number of carbonyl (C=O) groups is 2. The minimum Gasteiger partial charge on any atom is -0.476 e. The molecule has 0 saturated carbocycles. The number of hydrogen-bond donors (Lipinski definition) is 2. The summed E-state index contributed by atoms with van der Waals surface area (Å²) >= 11 is 0. The van der Waals surface area contributed by atoms with Crippen LogP contribution in [0.3, 0.4) is 0 Å². The summed E-state index contributed by atoms with van der Waals surface area (Å²) in [4.78, 5) is 23.3. The van der Waals surface area contributed by atoms with Crippen molar-refractivity contribution < 1.29 is 14.7 Å². The minimum absolute atomic E-state index is 0.0428. The highest BCUT2D eigenvalue weighted by Crippen LogP contribution is 2.10. The largest absolute Gasteiger partial charge is 0.476 e. The second-order valence-corrected chi connectivity index (χ2v) is 3.82. The molecule has 0 aliphatic carbocycles. The van der Waals surface area contributed by atoms with E-state index in [1.807, 2.05) is 6.92 Å². The first-order chi connectivity index (χ1) is 8.54. The van der Waals surface area contributed by atoms with Crippen LogP contribution in [-0.2, 0) is 4.79 Å². The molecule has 1 rings (SSSR count). The van der Waals surface area contributed by atoms with Gasteiger partial charge in [-0.2, -0.15) is 0 Å². The first kappa shape index (κ1) is 13.9. The highest BCUT2D eigenvalue weighted by molar-refractivity contribution is 5.85. The zero-order valence-electron chi connectivity index (χ0n) is 10.2. The summed E-state index contributed by atoms with van der Waals surface area (Å²) in [6, 6.07) is 2.87. The number of anilines is 1. The van der Waals surface area contributed by atoms with Crippen LogP contribution in [0.4, 0.5) is 5.82 Å². The Balaban J connectivity index is 2.83. The summed E-state index contributed by atoms with van der Waals surface area (Å²) in [6.45, 7) is 2.70. The highest BCUT2D eigenvalue weighted by Gasteiger charge is 2.12. The second-order valence-electron chi connectivity index (χ2n) is 3.82. The molecule has 0 saturated heterocycles. The van der Waals surface area contributed by atoms with Gasteiger partial charge in [-0.15, -0.1) is 10.2 Å². The Hall–Kier alpha value is -2.18. The Kier molecular flexibility index (Phi) is 5.04. The van der Waals surface area contributed by atoms with Gasteiger partial charge in [0.2, 0.25) is 5.91 Å². The number of hydrogen-bond acceptors (Lipinski definition) is 5. The number of nitrogens with two attached hydrogens (primary N) is 1. The summed E-state index contributed by atoms with van der Waals surface area (Å²) in [5, 5.41) is 16.1. The Morgan fingerprint density at radius 3 is 2.56 bits per heavy atom. The van der Waals surface area contributed by atoms with Crippen LogP contribution < -0.4 is 10.6 Å². The van der Waals surface area contributed by atoms with Crippen molar-refractivity contribution in [3.05, 3.63) is 17.8 Å². The lowest BCUT2D eigenvalue weighted by atomic mass is 10.3. The first-order valence-electron chi connectivity index (χ1n) is 5.65. The molecule has 1 aromatic heterocycles. The molecule has 18 heavy (non-hydrogen) atoms. The van der Waals surface area contributed by atoms with Gasteiger partial charge in [0.05, 0.1) is 6.54 Å². The van der Waals surface area contributed by atoms with Gasteiger partial charge in [0, 0.05) is 6.54 Å². The molecule has 1 heterocycles. The van der Waals surface area contributed by atoms with Gasteiger partial charge in [-0.25, -0.2) is 4.79 Å². The van der Waals surface area contributed by atoms with Gasteiger partial charge in [0.15, 0.2) is 11.5 Å². The molecule has 1 aromatic rings. The summed E-state index contributed by atoms with van der Waals surface area (Å²) in [6.07, 6.45) is 1.85. The Labute approximate surface area is 105 Å². The van der Waals surface area contributed by atoms with Crippen molar-refractivity contribution in [3.63, 3.8) is 0 Å². The van der Waals surface area contributed by atoms with E-state index >= 15 is 0 Å². The second kappa shape index (κ2) is 6.53. The Morgan fingerprint density at radius 1 is 1.39 bits per heavy atom. The predicted molar refractivity (Wildman–Crippen MR) is 65.3 cm³/mol. The SMILES string of the molecule is CCCCN(CC(N)=O)c1ccc(C(=O)O)nn1. The summed E-state index contributed by atoms with van der Waals surface area (Å²) in [7, 11) is 0.